The second kappa shape index (κ2) is 5.53. The Kier molecular flexibility index (Phi) is 4.03. The lowest BCUT2D eigenvalue weighted by Crippen LogP contribution is -2.02. The van der Waals surface area contributed by atoms with Crippen LogP contribution < -0.4 is 15.8 Å². The molecule has 0 fully saturated rings. The second-order valence-corrected chi connectivity index (χ2v) is 5.17. The Bertz CT molecular complexity index is 577. The number of nitrogen functional groups attached to an aromatic ring is 1. The number of ether oxygens (including phenoxy) is 1. The lowest BCUT2D eigenvalue weighted by Gasteiger charge is -2.09. The maximum Gasteiger partial charge on any atom is 0.225 e. The molecule has 0 aliphatic rings. The summed E-state index contributed by atoms with van der Waals surface area (Å²) in [5.41, 5.74) is 6.46. The SMILES string of the molecule is COc1cc(Nc2cc(Br)ccc2Br)nc(N)n1. The number of anilines is 3. The molecule has 0 spiro atoms. The molecule has 0 aliphatic carbocycles. The zero-order chi connectivity index (χ0) is 13.1. The van der Waals surface area contributed by atoms with Gasteiger partial charge in [-0.05, 0) is 34.1 Å². The van der Waals surface area contributed by atoms with Gasteiger partial charge in [-0.15, -0.1) is 0 Å². The molecule has 2 aromatic rings. The Labute approximate surface area is 121 Å². The third-order valence-corrected chi connectivity index (χ3v) is 3.30. The van der Waals surface area contributed by atoms with Crippen molar-refractivity contribution in [3.63, 3.8) is 0 Å². The number of nitrogens with zero attached hydrogens (tertiary/aromatic N) is 2. The number of nitrogens with two attached hydrogens (primary N) is 1. The second-order valence-electron chi connectivity index (χ2n) is 3.40. The first kappa shape index (κ1) is 13.1. The molecule has 0 bridgehead atoms. The molecule has 3 N–H and O–H groups in total. The topological polar surface area (TPSA) is 73.1 Å². The third-order valence-electron chi connectivity index (χ3n) is 2.12. The van der Waals surface area contributed by atoms with Gasteiger partial charge in [0.1, 0.15) is 5.82 Å². The Hall–Kier alpha value is -1.34. The smallest absolute Gasteiger partial charge is 0.225 e. The minimum atomic E-state index is 0.156. The van der Waals surface area contributed by atoms with Crippen molar-refractivity contribution >= 4 is 49.3 Å². The highest BCUT2D eigenvalue weighted by molar-refractivity contribution is 9.11. The summed E-state index contributed by atoms with van der Waals surface area (Å²) in [7, 11) is 1.53. The molecule has 0 aliphatic heterocycles. The molecule has 0 saturated heterocycles. The number of nitrogens with one attached hydrogen (secondary N) is 1. The minimum absolute atomic E-state index is 0.156. The summed E-state index contributed by atoms with van der Waals surface area (Å²) < 4.78 is 6.91. The van der Waals surface area contributed by atoms with Gasteiger partial charge in [-0.2, -0.15) is 9.97 Å². The number of hydrogen-bond acceptors (Lipinski definition) is 5. The predicted octanol–water partition coefficient (Wildman–Crippen LogP) is 3.34. The van der Waals surface area contributed by atoms with Gasteiger partial charge >= 0.3 is 0 Å². The van der Waals surface area contributed by atoms with Crippen molar-refractivity contribution in [2.24, 2.45) is 0 Å². The number of benzene rings is 1. The van der Waals surface area contributed by atoms with Crippen molar-refractivity contribution in [3.8, 4) is 5.88 Å². The van der Waals surface area contributed by atoms with Crippen molar-refractivity contribution in [1.82, 2.24) is 9.97 Å². The maximum absolute atomic E-state index is 5.59. The van der Waals surface area contributed by atoms with E-state index >= 15 is 0 Å². The molecule has 0 amide bonds. The van der Waals surface area contributed by atoms with E-state index in [4.69, 9.17) is 10.5 Å². The summed E-state index contributed by atoms with van der Waals surface area (Å²) in [6.07, 6.45) is 0. The van der Waals surface area contributed by atoms with Crippen LogP contribution in [0, 0.1) is 0 Å². The summed E-state index contributed by atoms with van der Waals surface area (Å²) >= 11 is 6.86. The van der Waals surface area contributed by atoms with Crippen LogP contribution in [0.15, 0.2) is 33.2 Å². The molecule has 1 aromatic carbocycles. The zero-order valence-electron chi connectivity index (χ0n) is 9.45. The Morgan fingerprint density at radius 1 is 1.22 bits per heavy atom. The van der Waals surface area contributed by atoms with Crippen LogP contribution in [0.25, 0.3) is 0 Å². The van der Waals surface area contributed by atoms with E-state index in [-0.39, 0.29) is 5.95 Å². The highest BCUT2D eigenvalue weighted by Crippen LogP contribution is 2.29. The molecule has 7 heteroatoms. The molecule has 18 heavy (non-hydrogen) atoms. The molecular weight excluding hydrogens is 364 g/mol. The number of rotatable bonds is 3. The molecule has 5 nitrogen and oxygen atoms in total. The fourth-order valence-corrected chi connectivity index (χ4v) is 2.05. The van der Waals surface area contributed by atoms with Crippen LogP contribution >= 0.6 is 31.9 Å². The summed E-state index contributed by atoms with van der Waals surface area (Å²) in [6.45, 7) is 0. The van der Waals surface area contributed by atoms with E-state index in [0.29, 0.717) is 11.7 Å². The van der Waals surface area contributed by atoms with Gasteiger partial charge in [-0.1, -0.05) is 15.9 Å². The molecule has 0 atom stereocenters. The fourth-order valence-electron chi connectivity index (χ4n) is 1.34. The number of methoxy groups -OCH3 is 1. The van der Waals surface area contributed by atoms with Gasteiger partial charge in [-0.3, -0.25) is 0 Å². The van der Waals surface area contributed by atoms with Gasteiger partial charge in [0.15, 0.2) is 0 Å². The first-order valence-electron chi connectivity index (χ1n) is 4.99. The van der Waals surface area contributed by atoms with Crippen LogP contribution in [0.2, 0.25) is 0 Å². The van der Waals surface area contributed by atoms with E-state index in [1.54, 1.807) is 6.07 Å². The molecule has 0 radical (unpaired) electrons. The minimum Gasteiger partial charge on any atom is -0.481 e. The van der Waals surface area contributed by atoms with E-state index in [1.165, 1.54) is 7.11 Å². The molecule has 2 rings (SSSR count). The third kappa shape index (κ3) is 3.11. The van der Waals surface area contributed by atoms with Crippen molar-refractivity contribution in [2.75, 3.05) is 18.2 Å². The van der Waals surface area contributed by atoms with E-state index in [2.05, 4.69) is 47.1 Å². The quantitative estimate of drug-likeness (QED) is 0.863. The molecule has 94 valence electrons. The summed E-state index contributed by atoms with van der Waals surface area (Å²) in [6, 6.07) is 7.46. The van der Waals surface area contributed by atoms with E-state index in [0.717, 1.165) is 14.6 Å². The Morgan fingerprint density at radius 3 is 2.72 bits per heavy atom. The highest BCUT2D eigenvalue weighted by Gasteiger charge is 2.05. The van der Waals surface area contributed by atoms with Crippen LogP contribution in [-0.4, -0.2) is 17.1 Å². The van der Waals surface area contributed by atoms with Gasteiger partial charge < -0.3 is 15.8 Å². The van der Waals surface area contributed by atoms with Crippen molar-refractivity contribution < 1.29 is 4.74 Å². The zero-order valence-corrected chi connectivity index (χ0v) is 12.6. The number of hydrogen-bond donors (Lipinski definition) is 2. The molecular formula is C11H10Br2N4O. The van der Waals surface area contributed by atoms with E-state index in [9.17, 15) is 0 Å². The maximum atomic E-state index is 5.59. The van der Waals surface area contributed by atoms with E-state index in [1.807, 2.05) is 18.2 Å². The number of aromatic nitrogens is 2. The molecule has 1 heterocycles. The lowest BCUT2D eigenvalue weighted by molar-refractivity contribution is 0.398. The lowest BCUT2D eigenvalue weighted by atomic mass is 10.3. The van der Waals surface area contributed by atoms with Gasteiger partial charge in [-0.25, -0.2) is 0 Å². The van der Waals surface area contributed by atoms with Crippen LogP contribution in [0.3, 0.4) is 0 Å². The highest BCUT2D eigenvalue weighted by atomic mass is 79.9. The van der Waals surface area contributed by atoms with Crippen LogP contribution in [0.1, 0.15) is 0 Å². The van der Waals surface area contributed by atoms with Gasteiger partial charge in [0, 0.05) is 15.0 Å². The van der Waals surface area contributed by atoms with Crippen molar-refractivity contribution in [3.05, 3.63) is 33.2 Å². The van der Waals surface area contributed by atoms with Crippen LogP contribution in [-0.2, 0) is 0 Å². The van der Waals surface area contributed by atoms with Gasteiger partial charge in [0.25, 0.3) is 0 Å². The first-order chi connectivity index (χ1) is 8.58. The summed E-state index contributed by atoms with van der Waals surface area (Å²) in [5, 5.41) is 3.14. The van der Waals surface area contributed by atoms with Crippen LogP contribution in [0.4, 0.5) is 17.5 Å². The standard InChI is InChI=1S/C11H10Br2N4O/c1-18-10-5-9(16-11(14)17-10)15-8-4-6(12)2-3-7(8)13/h2-5H,1H3,(H3,14,15,16,17). The normalized spacial score (nSPS) is 10.2. The first-order valence-corrected chi connectivity index (χ1v) is 6.57. The number of halogens is 2. The predicted molar refractivity (Wildman–Crippen MR) is 78.1 cm³/mol. The fraction of sp³-hybridized carbons (Fsp3) is 0.0909. The van der Waals surface area contributed by atoms with Crippen molar-refractivity contribution in [2.45, 2.75) is 0 Å². The largest absolute Gasteiger partial charge is 0.481 e. The summed E-state index contributed by atoms with van der Waals surface area (Å²) in [5.74, 6) is 1.14. The summed E-state index contributed by atoms with van der Waals surface area (Å²) in [4.78, 5) is 8.00. The Balaban J connectivity index is 2.33. The average molecular weight is 374 g/mol. The molecule has 0 unspecified atom stereocenters. The Morgan fingerprint density at radius 2 is 2.00 bits per heavy atom. The monoisotopic (exact) mass is 372 g/mol. The van der Waals surface area contributed by atoms with Gasteiger partial charge in [0.2, 0.25) is 11.8 Å². The average Bonchev–Trinajstić information content (AvgIpc) is 2.33. The van der Waals surface area contributed by atoms with E-state index < -0.39 is 0 Å². The molecule has 0 saturated carbocycles. The van der Waals surface area contributed by atoms with Crippen LogP contribution in [0.5, 0.6) is 5.88 Å². The van der Waals surface area contributed by atoms with Crippen molar-refractivity contribution in [1.29, 1.82) is 0 Å². The van der Waals surface area contributed by atoms with Gasteiger partial charge in [0.05, 0.1) is 12.8 Å². The molecule has 1 aromatic heterocycles.